The molecule has 0 bridgehead atoms. The van der Waals surface area contributed by atoms with Crippen LogP contribution in [0.4, 0.5) is 0 Å². The molecule has 2 aliphatic heterocycles. The highest BCUT2D eigenvalue weighted by Crippen LogP contribution is 2.33. The lowest BCUT2D eigenvalue weighted by Gasteiger charge is -2.43. The maximum Gasteiger partial charge on any atom is 0.0702 e. The lowest BCUT2D eigenvalue weighted by Crippen LogP contribution is -2.48. The van der Waals surface area contributed by atoms with Gasteiger partial charge in [-0.3, -0.25) is 0 Å². The zero-order chi connectivity index (χ0) is 14.4. The molecule has 0 amide bonds. The van der Waals surface area contributed by atoms with E-state index in [1.165, 1.54) is 51.9 Å². The minimum atomic E-state index is 0.417. The molecule has 0 aliphatic carbocycles. The number of likely N-dealkylation sites (tertiary alicyclic amines) is 1. The van der Waals surface area contributed by atoms with Crippen molar-refractivity contribution in [1.29, 1.82) is 0 Å². The summed E-state index contributed by atoms with van der Waals surface area (Å²) in [6.45, 7) is 14.1. The van der Waals surface area contributed by atoms with Crippen molar-refractivity contribution >= 4 is 0 Å². The average Bonchev–Trinajstić information content (AvgIpc) is 2.46. The molecule has 2 rings (SSSR count). The van der Waals surface area contributed by atoms with Gasteiger partial charge in [-0.05, 0) is 63.1 Å². The Morgan fingerprint density at radius 1 is 1.25 bits per heavy atom. The van der Waals surface area contributed by atoms with Crippen LogP contribution < -0.4 is 5.32 Å². The van der Waals surface area contributed by atoms with Crippen LogP contribution in [0.5, 0.6) is 0 Å². The van der Waals surface area contributed by atoms with E-state index in [0.717, 1.165) is 25.5 Å². The minimum Gasteiger partial charge on any atom is -0.377 e. The fraction of sp³-hybridized carbons (Fsp3) is 1.00. The Balaban J connectivity index is 1.81. The van der Waals surface area contributed by atoms with E-state index in [9.17, 15) is 0 Å². The molecule has 2 fully saturated rings. The molecular formula is C17H34N2O. The van der Waals surface area contributed by atoms with Crippen LogP contribution in [0.25, 0.3) is 0 Å². The molecule has 0 radical (unpaired) electrons. The van der Waals surface area contributed by atoms with Crippen LogP contribution >= 0.6 is 0 Å². The van der Waals surface area contributed by atoms with Crippen molar-refractivity contribution in [2.75, 3.05) is 39.3 Å². The van der Waals surface area contributed by atoms with Crippen molar-refractivity contribution in [2.45, 2.75) is 59.0 Å². The number of hydrogen-bond acceptors (Lipinski definition) is 3. The maximum atomic E-state index is 5.97. The molecule has 2 unspecified atom stereocenters. The molecule has 0 aromatic heterocycles. The van der Waals surface area contributed by atoms with Crippen molar-refractivity contribution < 1.29 is 4.74 Å². The monoisotopic (exact) mass is 282 g/mol. The SMILES string of the molecule is CCCOC1CCCN(CC(C)(C)C2CCCNC2)C1. The van der Waals surface area contributed by atoms with Gasteiger partial charge in [0.15, 0.2) is 0 Å². The summed E-state index contributed by atoms with van der Waals surface area (Å²) in [6.07, 6.45) is 6.90. The van der Waals surface area contributed by atoms with Gasteiger partial charge in [0.1, 0.15) is 0 Å². The Labute approximate surface area is 125 Å². The van der Waals surface area contributed by atoms with Crippen LogP contribution in [-0.2, 0) is 4.74 Å². The van der Waals surface area contributed by atoms with E-state index in [1.807, 2.05) is 0 Å². The summed E-state index contributed by atoms with van der Waals surface area (Å²) in [5.41, 5.74) is 0.417. The molecule has 1 N–H and O–H groups in total. The van der Waals surface area contributed by atoms with Crippen molar-refractivity contribution in [3.05, 3.63) is 0 Å². The van der Waals surface area contributed by atoms with E-state index in [4.69, 9.17) is 4.74 Å². The molecule has 0 spiro atoms. The fourth-order valence-corrected chi connectivity index (χ4v) is 3.80. The summed E-state index contributed by atoms with van der Waals surface area (Å²) in [5, 5.41) is 3.57. The smallest absolute Gasteiger partial charge is 0.0702 e. The predicted molar refractivity (Wildman–Crippen MR) is 85.1 cm³/mol. The zero-order valence-electron chi connectivity index (χ0n) is 13.8. The lowest BCUT2D eigenvalue weighted by atomic mass is 9.74. The number of piperidine rings is 2. The topological polar surface area (TPSA) is 24.5 Å². The standard InChI is InChI=1S/C17H34N2O/c1-4-11-20-16-8-6-10-19(13-16)14-17(2,3)15-7-5-9-18-12-15/h15-16,18H,4-14H2,1-3H3. The Hall–Kier alpha value is -0.120. The molecule has 0 aromatic carbocycles. The van der Waals surface area contributed by atoms with Crippen molar-refractivity contribution in [2.24, 2.45) is 11.3 Å². The third-order valence-electron chi connectivity index (χ3n) is 5.05. The van der Waals surface area contributed by atoms with Crippen LogP contribution in [0.15, 0.2) is 0 Å². The quantitative estimate of drug-likeness (QED) is 0.811. The Bertz CT molecular complexity index is 274. The Morgan fingerprint density at radius 3 is 2.80 bits per heavy atom. The first kappa shape index (κ1) is 16.3. The van der Waals surface area contributed by atoms with E-state index in [1.54, 1.807) is 0 Å². The molecular weight excluding hydrogens is 248 g/mol. The third kappa shape index (κ3) is 4.71. The van der Waals surface area contributed by atoms with Gasteiger partial charge in [-0.1, -0.05) is 20.8 Å². The van der Waals surface area contributed by atoms with Gasteiger partial charge in [-0.25, -0.2) is 0 Å². The Kier molecular flexibility index (Phi) is 6.31. The minimum absolute atomic E-state index is 0.417. The first-order chi connectivity index (χ1) is 9.62. The molecule has 3 nitrogen and oxygen atoms in total. The van der Waals surface area contributed by atoms with Crippen LogP contribution in [0.3, 0.4) is 0 Å². The zero-order valence-corrected chi connectivity index (χ0v) is 13.8. The van der Waals surface area contributed by atoms with Gasteiger partial charge >= 0.3 is 0 Å². The first-order valence-corrected chi connectivity index (χ1v) is 8.66. The van der Waals surface area contributed by atoms with Gasteiger partial charge in [0.2, 0.25) is 0 Å². The largest absolute Gasteiger partial charge is 0.377 e. The second-order valence-electron chi connectivity index (χ2n) is 7.40. The summed E-state index contributed by atoms with van der Waals surface area (Å²) in [6, 6.07) is 0. The van der Waals surface area contributed by atoms with Gasteiger partial charge in [-0.15, -0.1) is 0 Å². The number of nitrogens with zero attached hydrogens (tertiary/aromatic N) is 1. The number of rotatable bonds is 6. The summed E-state index contributed by atoms with van der Waals surface area (Å²) >= 11 is 0. The molecule has 20 heavy (non-hydrogen) atoms. The maximum absolute atomic E-state index is 5.97. The molecule has 2 aliphatic rings. The van der Waals surface area contributed by atoms with Crippen LogP contribution in [-0.4, -0.2) is 50.3 Å². The van der Waals surface area contributed by atoms with E-state index in [-0.39, 0.29) is 0 Å². The third-order valence-corrected chi connectivity index (χ3v) is 5.05. The second-order valence-corrected chi connectivity index (χ2v) is 7.40. The predicted octanol–water partition coefficient (Wildman–Crippen LogP) is 2.90. The van der Waals surface area contributed by atoms with Crippen molar-refractivity contribution in [1.82, 2.24) is 10.2 Å². The second kappa shape index (κ2) is 7.77. The van der Waals surface area contributed by atoms with Gasteiger partial charge in [0.25, 0.3) is 0 Å². The molecule has 2 atom stereocenters. The average molecular weight is 282 g/mol. The summed E-state index contributed by atoms with van der Waals surface area (Å²) in [4.78, 5) is 2.65. The van der Waals surface area contributed by atoms with Crippen molar-refractivity contribution in [3.63, 3.8) is 0 Å². The normalized spacial score (nSPS) is 29.6. The van der Waals surface area contributed by atoms with Gasteiger partial charge in [0, 0.05) is 19.7 Å². The molecule has 0 saturated carbocycles. The number of nitrogens with one attached hydrogen (secondary N) is 1. The lowest BCUT2D eigenvalue weighted by molar-refractivity contribution is -0.0160. The summed E-state index contributed by atoms with van der Waals surface area (Å²) in [7, 11) is 0. The van der Waals surface area contributed by atoms with E-state index in [0.29, 0.717) is 11.5 Å². The van der Waals surface area contributed by atoms with Crippen LogP contribution in [0.1, 0.15) is 52.9 Å². The number of hydrogen-bond donors (Lipinski definition) is 1. The molecule has 3 heteroatoms. The van der Waals surface area contributed by atoms with Gasteiger partial charge in [-0.2, -0.15) is 0 Å². The van der Waals surface area contributed by atoms with Gasteiger partial charge in [0.05, 0.1) is 6.10 Å². The van der Waals surface area contributed by atoms with E-state index >= 15 is 0 Å². The fourth-order valence-electron chi connectivity index (χ4n) is 3.80. The highest BCUT2D eigenvalue weighted by Gasteiger charge is 2.33. The van der Waals surface area contributed by atoms with E-state index in [2.05, 4.69) is 31.0 Å². The first-order valence-electron chi connectivity index (χ1n) is 8.66. The molecule has 0 aromatic rings. The van der Waals surface area contributed by atoms with Crippen LogP contribution in [0.2, 0.25) is 0 Å². The summed E-state index contributed by atoms with van der Waals surface area (Å²) in [5.74, 6) is 0.827. The number of ether oxygens (including phenoxy) is 1. The Morgan fingerprint density at radius 2 is 2.10 bits per heavy atom. The van der Waals surface area contributed by atoms with Gasteiger partial charge < -0.3 is 15.0 Å². The summed E-state index contributed by atoms with van der Waals surface area (Å²) < 4.78 is 5.97. The van der Waals surface area contributed by atoms with Crippen LogP contribution in [0, 0.1) is 11.3 Å². The highest BCUT2D eigenvalue weighted by molar-refractivity contribution is 4.87. The molecule has 2 saturated heterocycles. The highest BCUT2D eigenvalue weighted by atomic mass is 16.5. The van der Waals surface area contributed by atoms with E-state index < -0.39 is 0 Å². The molecule has 2 heterocycles. The molecule has 118 valence electrons. The van der Waals surface area contributed by atoms with Crippen molar-refractivity contribution in [3.8, 4) is 0 Å².